The molecule has 7 heteroatoms. The Balaban J connectivity index is 2.89. The lowest BCUT2D eigenvalue weighted by Crippen LogP contribution is -2.31. The van der Waals surface area contributed by atoms with Gasteiger partial charge in [-0.15, -0.1) is 0 Å². The highest BCUT2D eigenvalue weighted by atomic mass is 32.2. The Hall–Kier alpha value is -1.47. The third-order valence-electron chi connectivity index (χ3n) is 1.89. The summed E-state index contributed by atoms with van der Waals surface area (Å²) in [5.41, 5.74) is 0.287. The highest BCUT2D eigenvalue weighted by Gasteiger charge is 2.14. The number of non-ortho nitro benzene ring substituents is 1. The van der Waals surface area contributed by atoms with Crippen molar-refractivity contribution in [3.63, 3.8) is 0 Å². The quantitative estimate of drug-likeness (QED) is 0.639. The highest BCUT2D eigenvalue weighted by molar-refractivity contribution is 7.88. The highest BCUT2D eigenvalue weighted by Crippen LogP contribution is 2.14. The summed E-state index contributed by atoms with van der Waals surface area (Å²) < 4.78 is 25.6. The van der Waals surface area contributed by atoms with Crippen LogP contribution in [0.1, 0.15) is 19.4 Å². The third-order valence-corrected chi connectivity index (χ3v) is 3.44. The van der Waals surface area contributed by atoms with Gasteiger partial charge in [0, 0.05) is 18.2 Å². The average molecular weight is 258 g/mol. The van der Waals surface area contributed by atoms with Crippen LogP contribution in [0.2, 0.25) is 0 Å². The van der Waals surface area contributed by atoms with Gasteiger partial charge in [-0.25, -0.2) is 13.1 Å². The van der Waals surface area contributed by atoms with Gasteiger partial charge in [0.25, 0.3) is 5.69 Å². The Kier molecular flexibility index (Phi) is 4.19. The van der Waals surface area contributed by atoms with Crippen LogP contribution in [-0.4, -0.2) is 19.4 Å². The Bertz CT molecular complexity index is 511. The van der Waals surface area contributed by atoms with E-state index in [1.165, 1.54) is 18.2 Å². The number of nitro benzene ring substituents is 1. The van der Waals surface area contributed by atoms with Crippen molar-refractivity contribution < 1.29 is 13.3 Å². The molecule has 0 atom stereocenters. The minimum atomic E-state index is -3.45. The van der Waals surface area contributed by atoms with E-state index in [2.05, 4.69) is 4.72 Å². The first kappa shape index (κ1) is 13.6. The molecule has 0 fully saturated rings. The summed E-state index contributed by atoms with van der Waals surface area (Å²) in [6, 6.07) is 5.41. The molecule has 0 spiro atoms. The molecule has 0 heterocycles. The largest absolute Gasteiger partial charge is 0.269 e. The molecule has 1 aromatic rings. The third kappa shape index (κ3) is 4.49. The lowest BCUT2D eigenvalue weighted by molar-refractivity contribution is -0.384. The molecule has 1 N–H and O–H groups in total. The smallest absolute Gasteiger partial charge is 0.258 e. The Morgan fingerprint density at radius 2 is 2.06 bits per heavy atom. The Morgan fingerprint density at radius 1 is 1.41 bits per heavy atom. The number of hydrogen-bond donors (Lipinski definition) is 1. The van der Waals surface area contributed by atoms with Crippen molar-refractivity contribution >= 4 is 15.7 Å². The van der Waals surface area contributed by atoms with E-state index in [9.17, 15) is 18.5 Å². The summed E-state index contributed by atoms with van der Waals surface area (Å²) in [5, 5.41) is 10.5. The molecule has 0 aliphatic rings. The summed E-state index contributed by atoms with van der Waals surface area (Å²) in [7, 11) is -3.45. The summed E-state index contributed by atoms with van der Waals surface area (Å²) in [4.78, 5) is 9.99. The molecule has 0 saturated heterocycles. The molecular weight excluding hydrogens is 244 g/mol. The zero-order valence-electron chi connectivity index (χ0n) is 9.58. The molecule has 0 amide bonds. The first-order valence-electron chi connectivity index (χ1n) is 5.03. The maximum absolute atomic E-state index is 11.6. The van der Waals surface area contributed by atoms with Crippen molar-refractivity contribution in [2.45, 2.75) is 25.6 Å². The van der Waals surface area contributed by atoms with Crippen LogP contribution in [0.3, 0.4) is 0 Å². The number of benzene rings is 1. The maximum Gasteiger partial charge on any atom is 0.269 e. The fourth-order valence-corrected chi connectivity index (χ4v) is 2.80. The molecule has 0 saturated carbocycles. The first-order chi connectivity index (χ1) is 7.80. The van der Waals surface area contributed by atoms with Crippen LogP contribution < -0.4 is 4.72 Å². The molecule has 6 nitrogen and oxygen atoms in total. The zero-order valence-corrected chi connectivity index (χ0v) is 10.4. The van der Waals surface area contributed by atoms with Gasteiger partial charge in [-0.1, -0.05) is 12.1 Å². The number of nitrogens with zero attached hydrogens (tertiary/aromatic N) is 1. The van der Waals surface area contributed by atoms with Crippen LogP contribution in [0.5, 0.6) is 0 Å². The van der Waals surface area contributed by atoms with Gasteiger partial charge in [0.2, 0.25) is 10.0 Å². The van der Waals surface area contributed by atoms with Crippen LogP contribution in [0.15, 0.2) is 24.3 Å². The lowest BCUT2D eigenvalue weighted by atomic mass is 10.2. The van der Waals surface area contributed by atoms with Crippen molar-refractivity contribution in [3.05, 3.63) is 39.9 Å². The molecule has 1 aromatic carbocycles. The van der Waals surface area contributed by atoms with Crippen LogP contribution in [0, 0.1) is 10.1 Å². The number of nitrogens with one attached hydrogen (secondary N) is 1. The Morgan fingerprint density at radius 3 is 2.59 bits per heavy atom. The summed E-state index contributed by atoms with van der Waals surface area (Å²) in [6.45, 7) is 3.43. The molecule has 0 aliphatic heterocycles. The number of hydrogen-bond acceptors (Lipinski definition) is 4. The van der Waals surface area contributed by atoms with E-state index in [4.69, 9.17) is 0 Å². The van der Waals surface area contributed by atoms with Gasteiger partial charge < -0.3 is 0 Å². The predicted molar refractivity (Wildman–Crippen MR) is 64.0 cm³/mol. The summed E-state index contributed by atoms with van der Waals surface area (Å²) in [6.07, 6.45) is 0. The minimum absolute atomic E-state index is 0.109. The van der Waals surface area contributed by atoms with Gasteiger partial charge in [-0.3, -0.25) is 10.1 Å². The SMILES string of the molecule is CC(C)NS(=O)(=O)Cc1cccc([N+](=O)[O-])c1. The van der Waals surface area contributed by atoms with E-state index in [0.717, 1.165) is 0 Å². The van der Waals surface area contributed by atoms with Crippen LogP contribution in [0.4, 0.5) is 5.69 Å². The lowest BCUT2D eigenvalue weighted by Gasteiger charge is -2.09. The first-order valence-corrected chi connectivity index (χ1v) is 6.69. The second-order valence-electron chi connectivity index (χ2n) is 3.96. The molecule has 1 rings (SSSR count). The van der Waals surface area contributed by atoms with Gasteiger partial charge in [0.05, 0.1) is 10.7 Å². The molecular formula is C10H14N2O4S. The number of rotatable bonds is 5. The monoisotopic (exact) mass is 258 g/mol. The fourth-order valence-electron chi connectivity index (χ4n) is 1.38. The molecule has 0 bridgehead atoms. The van der Waals surface area contributed by atoms with Gasteiger partial charge in [-0.05, 0) is 19.4 Å². The van der Waals surface area contributed by atoms with Gasteiger partial charge in [0.1, 0.15) is 0 Å². The van der Waals surface area contributed by atoms with Gasteiger partial charge >= 0.3 is 0 Å². The second-order valence-corrected chi connectivity index (χ2v) is 5.71. The molecule has 0 radical (unpaired) electrons. The molecule has 0 unspecified atom stereocenters. The van der Waals surface area contributed by atoms with E-state index >= 15 is 0 Å². The van der Waals surface area contributed by atoms with E-state index in [1.807, 2.05) is 0 Å². The van der Waals surface area contributed by atoms with Crippen molar-refractivity contribution in [3.8, 4) is 0 Å². The molecule has 17 heavy (non-hydrogen) atoms. The second kappa shape index (κ2) is 5.24. The topological polar surface area (TPSA) is 89.3 Å². The molecule has 0 aromatic heterocycles. The van der Waals surface area contributed by atoms with Crippen molar-refractivity contribution in [2.24, 2.45) is 0 Å². The van der Waals surface area contributed by atoms with Crippen molar-refractivity contribution in [1.29, 1.82) is 0 Å². The normalized spacial score (nSPS) is 11.7. The number of sulfonamides is 1. The standard InChI is InChI=1S/C10H14N2O4S/c1-8(2)11-17(15,16)7-9-4-3-5-10(6-9)12(13)14/h3-6,8,11H,7H2,1-2H3. The Labute approximate surface area is 99.9 Å². The molecule has 94 valence electrons. The van der Waals surface area contributed by atoms with E-state index < -0.39 is 14.9 Å². The van der Waals surface area contributed by atoms with Crippen LogP contribution in [-0.2, 0) is 15.8 Å². The fraction of sp³-hybridized carbons (Fsp3) is 0.400. The van der Waals surface area contributed by atoms with Crippen molar-refractivity contribution in [1.82, 2.24) is 4.72 Å². The average Bonchev–Trinajstić information content (AvgIpc) is 2.14. The van der Waals surface area contributed by atoms with Gasteiger partial charge in [-0.2, -0.15) is 0 Å². The van der Waals surface area contributed by atoms with Crippen molar-refractivity contribution in [2.75, 3.05) is 0 Å². The number of nitro groups is 1. The maximum atomic E-state index is 11.6. The van der Waals surface area contributed by atoms with E-state index in [-0.39, 0.29) is 17.5 Å². The minimum Gasteiger partial charge on any atom is -0.258 e. The predicted octanol–water partition coefficient (Wildman–Crippen LogP) is 1.42. The van der Waals surface area contributed by atoms with Crippen LogP contribution >= 0.6 is 0 Å². The zero-order chi connectivity index (χ0) is 13.1. The van der Waals surface area contributed by atoms with Crippen LogP contribution in [0.25, 0.3) is 0 Å². The van der Waals surface area contributed by atoms with E-state index in [0.29, 0.717) is 5.56 Å². The molecule has 0 aliphatic carbocycles. The van der Waals surface area contributed by atoms with E-state index in [1.54, 1.807) is 19.9 Å². The summed E-state index contributed by atoms with van der Waals surface area (Å²) in [5.74, 6) is -0.257. The summed E-state index contributed by atoms with van der Waals surface area (Å²) >= 11 is 0. The van der Waals surface area contributed by atoms with Gasteiger partial charge in [0.15, 0.2) is 0 Å².